The minimum atomic E-state index is -1.04. The molecule has 1 atom stereocenters. The number of pyridine rings is 1. The van der Waals surface area contributed by atoms with Gasteiger partial charge in [-0.15, -0.1) is 0 Å². The highest BCUT2D eigenvalue weighted by Gasteiger charge is 2.14. The van der Waals surface area contributed by atoms with Crippen molar-refractivity contribution < 1.29 is 13.5 Å². The van der Waals surface area contributed by atoms with Crippen molar-refractivity contribution in [2.45, 2.75) is 13.0 Å². The van der Waals surface area contributed by atoms with Crippen molar-refractivity contribution in [3.8, 4) is 11.6 Å². The van der Waals surface area contributed by atoms with Gasteiger partial charge in [0.2, 0.25) is 11.7 Å². The number of halogens is 2. The molecule has 3 nitrogen and oxygen atoms in total. The summed E-state index contributed by atoms with van der Waals surface area (Å²) in [5.41, 5.74) is 6.37. The van der Waals surface area contributed by atoms with Gasteiger partial charge in [0.15, 0.2) is 11.6 Å². The van der Waals surface area contributed by atoms with Crippen LogP contribution >= 0.6 is 0 Å². The van der Waals surface area contributed by atoms with Crippen LogP contribution in [0.25, 0.3) is 0 Å². The first-order valence-corrected chi connectivity index (χ1v) is 5.42. The number of nitrogens with zero attached hydrogens (tertiary/aromatic N) is 1. The lowest BCUT2D eigenvalue weighted by molar-refractivity contribution is 0.400. The average Bonchev–Trinajstić information content (AvgIpc) is 2.35. The molecule has 94 valence electrons. The molecular weight excluding hydrogens is 238 g/mol. The summed E-state index contributed by atoms with van der Waals surface area (Å²) in [6.45, 7) is 1.76. The van der Waals surface area contributed by atoms with Gasteiger partial charge in [-0.1, -0.05) is 12.1 Å². The standard InChI is InChI=1S/C13H12F2N2O/c1-8(16)9-4-3-7-17-13(9)18-11-6-2-5-10(14)12(11)15/h2-8H,16H2,1H3. The molecule has 5 heteroatoms. The van der Waals surface area contributed by atoms with Gasteiger partial charge in [-0.25, -0.2) is 9.37 Å². The first-order valence-electron chi connectivity index (χ1n) is 5.42. The molecule has 0 aliphatic rings. The van der Waals surface area contributed by atoms with Crippen molar-refractivity contribution in [1.82, 2.24) is 4.98 Å². The molecule has 0 fully saturated rings. The summed E-state index contributed by atoms with van der Waals surface area (Å²) in [4.78, 5) is 3.97. The van der Waals surface area contributed by atoms with Gasteiger partial charge >= 0.3 is 0 Å². The molecule has 0 amide bonds. The fourth-order valence-electron chi connectivity index (χ4n) is 1.50. The zero-order valence-corrected chi connectivity index (χ0v) is 9.73. The molecule has 0 saturated heterocycles. The van der Waals surface area contributed by atoms with E-state index in [1.807, 2.05) is 0 Å². The van der Waals surface area contributed by atoms with E-state index in [1.165, 1.54) is 18.3 Å². The van der Waals surface area contributed by atoms with Crippen molar-refractivity contribution in [2.24, 2.45) is 5.73 Å². The Morgan fingerprint density at radius 2 is 2.00 bits per heavy atom. The minimum Gasteiger partial charge on any atom is -0.435 e. The highest BCUT2D eigenvalue weighted by molar-refractivity contribution is 5.34. The van der Waals surface area contributed by atoms with E-state index in [1.54, 1.807) is 19.1 Å². The van der Waals surface area contributed by atoms with Gasteiger partial charge in [-0.3, -0.25) is 0 Å². The third kappa shape index (κ3) is 2.46. The second kappa shape index (κ2) is 5.10. The Morgan fingerprint density at radius 1 is 1.22 bits per heavy atom. The second-order valence-electron chi connectivity index (χ2n) is 3.84. The Morgan fingerprint density at radius 3 is 2.72 bits per heavy atom. The van der Waals surface area contributed by atoms with E-state index in [2.05, 4.69) is 4.98 Å². The van der Waals surface area contributed by atoms with Crippen LogP contribution in [0, 0.1) is 11.6 Å². The van der Waals surface area contributed by atoms with Crippen LogP contribution in [0.15, 0.2) is 36.5 Å². The average molecular weight is 250 g/mol. The SMILES string of the molecule is CC(N)c1cccnc1Oc1cccc(F)c1F. The third-order valence-electron chi connectivity index (χ3n) is 2.41. The Bertz CT molecular complexity index is 558. The van der Waals surface area contributed by atoms with Gasteiger partial charge in [0.25, 0.3) is 0 Å². The molecule has 1 aromatic heterocycles. The zero-order valence-electron chi connectivity index (χ0n) is 9.73. The fourth-order valence-corrected chi connectivity index (χ4v) is 1.50. The highest BCUT2D eigenvalue weighted by Crippen LogP contribution is 2.28. The molecule has 0 saturated carbocycles. The molecule has 1 unspecified atom stereocenters. The van der Waals surface area contributed by atoms with Crippen LogP contribution in [0.4, 0.5) is 8.78 Å². The zero-order chi connectivity index (χ0) is 13.1. The summed E-state index contributed by atoms with van der Waals surface area (Å²) in [5.74, 6) is -2.04. The largest absolute Gasteiger partial charge is 0.435 e. The maximum atomic E-state index is 13.5. The van der Waals surface area contributed by atoms with Gasteiger partial charge in [0.05, 0.1) is 0 Å². The van der Waals surface area contributed by atoms with Crippen LogP contribution in [-0.2, 0) is 0 Å². The molecule has 0 spiro atoms. The number of benzene rings is 1. The molecule has 2 rings (SSSR count). The van der Waals surface area contributed by atoms with Crippen molar-refractivity contribution in [3.63, 3.8) is 0 Å². The minimum absolute atomic E-state index is 0.178. The summed E-state index contributed by atoms with van der Waals surface area (Å²) in [5, 5.41) is 0. The summed E-state index contributed by atoms with van der Waals surface area (Å²) in [6, 6.07) is 6.83. The van der Waals surface area contributed by atoms with Crippen LogP contribution in [0.1, 0.15) is 18.5 Å². The molecule has 0 aliphatic carbocycles. The lowest BCUT2D eigenvalue weighted by Crippen LogP contribution is -2.07. The van der Waals surface area contributed by atoms with Crippen LogP contribution in [-0.4, -0.2) is 4.98 Å². The van der Waals surface area contributed by atoms with Crippen LogP contribution in [0.2, 0.25) is 0 Å². The molecule has 2 aromatic rings. The molecular formula is C13H12F2N2O. The van der Waals surface area contributed by atoms with E-state index in [4.69, 9.17) is 10.5 Å². The Labute approximate surface area is 103 Å². The van der Waals surface area contributed by atoms with Crippen LogP contribution in [0.3, 0.4) is 0 Å². The molecule has 2 N–H and O–H groups in total. The molecule has 1 heterocycles. The fraction of sp³-hybridized carbons (Fsp3) is 0.154. The lowest BCUT2D eigenvalue weighted by atomic mass is 10.1. The van der Waals surface area contributed by atoms with Gasteiger partial charge in [-0.2, -0.15) is 4.39 Å². The molecule has 1 aromatic carbocycles. The van der Waals surface area contributed by atoms with Crippen molar-refractivity contribution in [1.29, 1.82) is 0 Å². The van der Waals surface area contributed by atoms with Crippen molar-refractivity contribution >= 4 is 0 Å². The van der Waals surface area contributed by atoms with E-state index >= 15 is 0 Å². The normalized spacial score (nSPS) is 12.2. The lowest BCUT2D eigenvalue weighted by Gasteiger charge is -2.12. The molecule has 0 bridgehead atoms. The third-order valence-corrected chi connectivity index (χ3v) is 2.41. The van der Waals surface area contributed by atoms with Crippen LogP contribution < -0.4 is 10.5 Å². The first kappa shape index (κ1) is 12.4. The maximum absolute atomic E-state index is 13.5. The number of hydrogen-bond acceptors (Lipinski definition) is 3. The van der Waals surface area contributed by atoms with Crippen LogP contribution in [0.5, 0.6) is 11.6 Å². The predicted molar refractivity (Wildman–Crippen MR) is 63.3 cm³/mol. The second-order valence-corrected chi connectivity index (χ2v) is 3.84. The van der Waals surface area contributed by atoms with Crippen molar-refractivity contribution in [3.05, 3.63) is 53.7 Å². The monoisotopic (exact) mass is 250 g/mol. The summed E-state index contributed by atoms with van der Waals surface area (Å²) in [6.07, 6.45) is 1.50. The van der Waals surface area contributed by atoms with E-state index in [-0.39, 0.29) is 17.7 Å². The maximum Gasteiger partial charge on any atom is 0.224 e. The number of ether oxygens (including phenoxy) is 1. The van der Waals surface area contributed by atoms with E-state index in [0.29, 0.717) is 5.56 Å². The topological polar surface area (TPSA) is 48.1 Å². The van der Waals surface area contributed by atoms with Crippen molar-refractivity contribution in [2.75, 3.05) is 0 Å². The van der Waals surface area contributed by atoms with Gasteiger partial charge < -0.3 is 10.5 Å². The number of aromatic nitrogens is 1. The van der Waals surface area contributed by atoms with Gasteiger partial charge in [0.1, 0.15) is 0 Å². The molecule has 18 heavy (non-hydrogen) atoms. The highest BCUT2D eigenvalue weighted by atomic mass is 19.2. The van der Waals surface area contributed by atoms with E-state index in [9.17, 15) is 8.78 Å². The summed E-state index contributed by atoms with van der Waals surface area (Å²) >= 11 is 0. The number of hydrogen-bond donors (Lipinski definition) is 1. The molecule has 0 radical (unpaired) electrons. The Hall–Kier alpha value is -2.01. The summed E-state index contributed by atoms with van der Waals surface area (Å²) in [7, 11) is 0. The predicted octanol–water partition coefficient (Wildman–Crippen LogP) is 3.17. The number of rotatable bonds is 3. The molecule has 0 aliphatic heterocycles. The smallest absolute Gasteiger partial charge is 0.224 e. The van der Waals surface area contributed by atoms with Gasteiger partial charge in [-0.05, 0) is 25.1 Å². The van der Waals surface area contributed by atoms with Gasteiger partial charge in [0, 0.05) is 17.8 Å². The van der Waals surface area contributed by atoms with E-state index < -0.39 is 11.6 Å². The quantitative estimate of drug-likeness (QED) is 0.910. The Balaban J connectivity index is 2.37. The first-order chi connectivity index (χ1) is 8.59. The summed E-state index contributed by atoms with van der Waals surface area (Å²) < 4.78 is 31.8. The van der Waals surface area contributed by atoms with E-state index in [0.717, 1.165) is 6.07 Å². The number of nitrogens with two attached hydrogens (primary N) is 1. The Kier molecular flexibility index (Phi) is 3.53.